The average Bonchev–Trinajstić information content (AvgIpc) is 2.72. The summed E-state index contributed by atoms with van der Waals surface area (Å²) in [5, 5.41) is 5.65. The lowest BCUT2D eigenvalue weighted by molar-refractivity contribution is -0.127. The minimum atomic E-state index is -0.806. The molecule has 2 rings (SSSR count). The van der Waals surface area contributed by atoms with Crippen molar-refractivity contribution in [1.82, 2.24) is 5.32 Å². The molecular formula is C23H29N3O4. The number of carbonyl (C=O) groups is 3. The lowest BCUT2D eigenvalue weighted by Crippen LogP contribution is -2.37. The van der Waals surface area contributed by atoms with Crippen LogP contribution >= 0.6 is 0 Å². The topological polar surface area (TPSA) is 87.7 Å². The van der Waals surface area contributed by atoms with Crippen molar-refractivity contribution >= 4 is 29.3 Å². The van der Waals surface area contributed by atoms with Crippen LogP contribution in [0.1, 0.15) is 38.8 Å². The molecule has 0 aliphatic heterocycles. The Balaban J connectivity index is 2.13. The van der Waals surface area contributed by atoms with Crippen molar-refractivity contribution in [3.63, 3.8) is 0 Å². The summed E-state index contributed by atoms with van der Waals surface area (Å²) in [4.78, 5) is 38.4. The molecule has 3 amide bonds. The molecule has 30 heavy (non-hydrogen) atoms. The monoisotopic (exact) mass is 411 g/mol. The molecule has 160 valence electrons. The molecule has 0 heterocycles. The van der Waals surface area contributed by atoms with Gasteiger partial charge in [0.05, 0.1) is 6.61 Å². The molecule has 0 aliphatic rings. The smallest absolute Gasteiger partial charge is 0.413 e. The standard InChI is InChI=1S/C23H29N3O4/c1-5-30-23(29)26(4)19-13-11-18(12-14-19)24-22(28)21(17-9-7-6-8-10-17)25-20(27)15-16(2)3/h6-14,16,21H,5,15H2,1-4H3,(H,24,28)(H,25,27). The molecule has 0 fully saturated rings. The van der Waals surface area contributed by atoms with E-state index in [1.807, 2.05) is 32.0 Å². The van der Waals surface area contributed by atoms with Crippen molar-refractivity contribution in [2.75, 3.05) is 23.9 Å². The Morgan fingerprint density at radius 2 is 1.63 bits per heavy atom. The molecule has 2 aromatic rings. The fourth-order valence-corrected chi connectivity index (χ4v) is 2.84. The maximum absolute atomic E-state index is 12.9. The molecule has 2 N–H and O–H groups in total. The molecule has 0 radical (unpaired) electrons. The van der Waals surface area contributed by atoms with E-state index in [2.05, 4.69) is 10.6 Å². The Hall–Kier alpha value is -3.35. The number of nitrogens with one attached hydrogen (secondary N) is 2. The summed E-state index contributed by atoms with van der Waals surface area (Å²) < 4.78 is 4.97. The van der Waals surface area contributed by atoms with Crippen LogP contribution in [0.2, 0.25) is 0 Å². The van der Waals surface area contributed by atoms with Gasteiger partial charge in [-0.05, 0) is 42.7 Å². The van der Waals surface area contributed by atoms with Gasteiger partial charge in [-0.2, -0.15) is 0 Å². The third kappa shape index (κ3) is 6.62. The Labute approximate surface area is 177 Å². The van der Waals surface area contributed by atoms with Crippen LogP contribution in [0.15, 0.2) is 54.6 Å². The summed E-state index contributed by atoms with van der Waals surface area (Å²) in [7, 11) is 1.61. The number of ether oxygens (including phenoxy) is 1. The molecule has 7 nitrogen and oxygen atoms in total. The van der Waals surface area contributed by atoms with Crippen molar-refractivity contribution in [1.29, 1.82) is 0 Å². The van der Waals surface area contributed by atoms with Gasteiger partial charge in [-0.3, -0.25) is 14.5 Å². The number of hydrogen-bond acceptors (Lipinski definition) is 4. The number of rotatable bonds is 8. The fraction of sp³-hybridized carbons (Fsp3) is 0.348. The first-order valence-corrected chi connectivity index (χ1v) is 9.97. The molecule has 1 unspecified atom stereocenters. The van der Waals surface area contributed by atoms with Gasteiger partial charge in [0.1, 0.15) is 6.04 Å². The largest absolute Gasteiger partial charge is 0.449 e. The molecular weight excluding hydrogens is 382 g/mol. The van der Waals surface area contributed by atoms with Crippen LogP contribution in [0.3, 0.4) is 0 Å². The highest BCUT2D eigenvalue weighted by Crippen LogP contribution is 2.20. The van der Waals surface area contributed by atoms with E-state index in [9.17, 15) is 14.4 Å². The van der Waals surface area contributed by atoms with E-state index < -0.39 is 12.1 Å². The van der Waals surface area contributed by atoms with Crippen LogP contribution < -0.4 is 15.5 Å². The number of anilines is 2. The van der Waals surface area contributed by atoms with Gasteiger partial charge in [0.2, 0.25) is 5.91 Å². The van der Waals surface area contributed by atoms with Gasteiger partial charge in [-0.25, -0.2) is 4.79 Å². The second kappa shape index (κ2) is 11.0. The summed E-state index contributed by atoms with van der Waals surface area (Å²) in [6.45, 7) is 5.94. The summed E-state index contributed by atoms with van der Waals surface area (Å²) in [6, 6.07) is 15.1. The van der Waals surface area contributed by atoms with E-state index in [1.165, 1.54) is 4.90 Å². The zero-order valence-corrected chi connectivity index (χ0v) is 17.8. The molecule has 7 heteroatoms. The molecule has 0 aliphatic carbocycles. The van der Waals surface area contributed by atoms with Crippen molar-refractivity contribution in [3.8, 4) is 0 Å². The Kier molecular flexibility index (Phi) is 8.41. The van der Waals surface area contributed by atoms with Crippen LogP contribution in [0.5, 0.6) is 0 Å². The quantitative estimate of drug-likeness (QED) is 0.684. The SMILES string of the molecule is CCOC(=O)N(C)c1ccc(NC(=O)C(NC(=O)CC(C)C)c2ccccc2)cc1. The summed E-state index contributed by atoms with van der Waals surface area (Å²) in [6.07, 6.45) is -0.114. The van der Waals surface area contributed by atoms with Crippen LogP contribution in [0.25, 0.3) is 0 Å². The first-order chi connectivity index (χ1) is 14.3. The number of nitrogens with zero attached hydrogens (tertiary/aromatic N) is 1. The van der Waals surface area contributed by atoms with Crippen LogP contribution in [-0.4, -0.2) is 31.6 Å². The predicted molar refractivity (Wildman–Crippen MR) is 117 cm³/mol. The van der Waals surface area contributed by atoms with Crippen molar-refractivity contribution in [3.05, 3.63) is 60.2 Å². The predicted octanol–water partition coefficient (Wildman–Crippen LogP) is 4.12. The highest BCUT2D eigenvalue weighted by molar-refractivity contribution is 5.98. The van der Waals surface area contributed by atoms with Crippen LogP contribution in [0.4, 0.5) is 16.2 Å². The Morgan fingerprint density at radius 3 is 2.20 bits per heavy atom. The van der Waals surface area contributed by atoms with E-state index in [0.717, 1.165) is 0 Å². The zero-order valence-electron chi connectivity index (χ0n) is 17.8. The van der Waals surface area contributed by atoms with Crippen LogP contribution in [0, 0.1) is 5.92 Å². The van der Waals surface area contributed by atoms with Crippen molar-refractivity contribution in [2.24, 2.45) is 5.92 Å². The van der Waals surface area contributed by atoms with Crippen molar-refractivity contribution < 1.29 is 19.1 Å². The Bertz CT molecular complexity index is 851. The van der Waals surface area contributed by atoms with Crippen LogP contribution in [-0.2, 0) is 14.3 Å². The van der Waals surface area contributed by atoms with E-state index in [4.69, 9.17) is 4.74 Å². The number of hydrogen-bond donors (Lipinski definition) is 2. The van der Waals surface area contributed by atoms with Gasteiger partial charge >= 0.3 is 6.09 Å². The normalized spacial score (nSPS) is 11.5. The van der Waals surface area contributed by atoms with Gasteiger partial charge in [-0.15, -0.1) is 0 Å². The number of carbonyl (C=O) groups excluding carboxylic acids is 3. The molecule has 2 aromatic carbocycles. The second-order valence-electron chi connectivity index (χ2n) is 7.30. The number of amides is 3. The van der Waals surface area contributed by atoms with E-state index >= 15 is 0 Å². The third-order valence-electron chi connectivity index (χ3n) is 4.36. The highest BCUT2D eigenvalue weighted by atomic mass is 16.6. The van der Waals surface area contributed by atoms with Gasteiger partial charge in [0.15, 0.2) is 0 Å². The van der Waals surface area contributed by atoms with Gasteiger partial charge in [-0.1, -0.05) is 44.2 Å². The third-order valence-corrected chi connectivity index (χ3v) is 4.36. The molecule has 1 atom stereocenters. The summed E-state index contributed by atoms with van der Waals surface area (Å²) >= 11 is 0. The number of benzene rings is 2. The molecule has 0 saturated carbocycles. The Morgan fingerprint density at radius 1 is 1.00 bits per heavy atom. The van der Waals surface area contributed by atoms with E-state index in [-0.39, 0.29) is 17.7 Å². The summed E-state index contributed by atoms with van der Waals surface area (Å²) in [5.74, 6) is -0.335. The maximum Gasteiger partial charge on any atom is 0.413 e. The zero-order chi connectivity index (χ0) is 22.1. The molecule has 0 bridgehead atoms. The van der Waals surface area contributed by atoms with E-state index in [0.29, 0.717) is 30.0 Å². The first kappa shape index (κ1) is 22.9. The minimum Gasteiger partial charge on any atom is -0.449 e. The van der Waals surface area contributed by atoms with Gasteiger partial charge in [0.25, 0.3) is 5.91 Å². The molecule has 0 spiro atoms. The van der Waals surface area contributed by atoms with Gasteiger partial charge in [0, 0.05) is 24.8 Å². The highest BCUT2D eigenvalue weighted by Gasteiger charge is 2.23. The minimum absolute atomic E-state index is 0.180. The van der Waals surface area contributed by atoms with Crippen molar-refractivity contribution in [2.45, 2.75) is 33.2 Å². The molecule has 0 saturated heterocycles. The lowest BCUT2D eigenvalue weighted by Gasteiger charge is -2.20. The second-order valence-corrected chi connectivity index (χ2v) is 7.30. The maximum atomic E-state index is 12.9. The fourth-order valence-electron chi connectivity index (χ4n) is 2.84. The first-order valence-electron chi connectivity index (χ1n) is 9.97. The molecule has 0 aromatic heterocycles. The average molecular weight is 412 g/mol. The van der Waals surface area contributed by atoms with E-state index in [1.54, 1.807) is 50.4 Å². The lowest BCUT2D eigenvalue weighted by atomic mass is 10.0. The van der Waals surface area contributed by atoms with Gasteiger partial charge < -0.3 is 15.4 Å². The summed E-state index contributed by atoms with van der Waals surface area (Å²) in [5.41, 5.74) is 1.89.